The van der Waals surface area contributed by atoms with E-state index in [1.807, 2.05) is 18.2 Å². The van der Waals surface area contributed by atoms with E-state index in [1.54, 1.807) is 7.11 Å². The van der Waals surface area contributed by atoms with Gasteiger partial charge in [0.1, 0.15) is 12.0 Å². The fraction of sp³-hybridized carbons (Fsp3) is 0.448. The molecule has 1 aliphatic heterocycles. The molecule has 2 unspecified atom stereocenters. The first-order valence-corrected chi connectivity index (χ1v) is 12.4. The summed E-state index contributed by atoms with van der Waals surface area (Å²) in [7, 11) is 3.11. The maximum atomic E-state index is 12.6. The van der Waals surface area contributed by atoms with Crippen molar-refractivity contribution in [2.45, 2.75) is 57.4 Å². The summed E-state index contributed by atoms with van der Waals surface area (Å²) in [6.45, 7) is 2.81. The Balaban J connectivity index is 1.69. The van der Waals surface area contributed by atoms with Crippen molar-refractivity contribution in [3.05, 3.63) is 53.1 Å². The molecular formula is C29H31NO4. The number of ether oxygens (including phenoxy) is 2. The third-order valence-corrected chi connectivity index (χ3v) is 8.86. The summed E-state index contributed by atoms with van der Waals surface area (Å²) < 4.78 is 13.0. The normalized spacial score (nSPS) is 25.6. The van der Waals surface area contributed by atoms with Gasteiger partial charge in [0.2, 0.25) is 0 Å². The van der Waals surface area contributed by atoms with E-state index in [0.717, 1.165) is 11.3 Å². The number of benzene rings is 2. The zero-order valence-corrected chi connectivity index (χ0v) is 20.1. The number of rotatable bonds is 4. The van der Waals surface area contributed by atoms with E-state index in [9.17, 15) is 9.59 Å². The number of hydrogen-bond acceptors (Lipinski definition) is 4. The van der Waals surface area contributed by atoms with E-state index in [4.69, 9.17) is 9.47 Å². The highest BCUT2D eigenvalue weighted by atomic mass is 16.5. The first kappa shape index (κ1) is 21.5. The van der Waals surface area contributed by atoms with Gasteiger partial charge in [-0.1, -0.05) is 32.3 Å². The Morgan fingerprint density at radius 3 is 2.59 bits per heavy atom. The van der Waals surface area contributed by atoms with Gasteiger partial charge in [0, 0.05) is 28.9 Å². The van der Waals surface area contributed by atoms with Gasteiger partial charge < -0.3 is 18.8 Å². The quantitative estimate of drug-likeness (QED) is 0.352. The Hall–Kier alpha value is -3.08. The number of carbonyl (C=O) groups is 2. The highest BCUT2D eigenvalue weighted by Gasteiger charge is 2.64. The molecule has 5 heteroatoms. The monoisotopic (exact) mass is 457 g/mol. The van der Waals surface area contributed by atoms with Gasteiger partial charge in [0.15, 0.2) is 0 Å². The second-order valence-corrected chi connectivity index (χ2v) is 10.4. The molecule has 0 radical (unpaired) electrons. The van der Waals surface area contributed by atoms with Crippen molar-refractivity contribution in [3.63, 3.8) is 0 Å². The first-order chi connectivity index (χ1) is 16.5. The molecule has 5 nitrogen and oxygen atoms in total. The van der Waals surface area contributed by atoms with Crippen LogP contribution >= 0.6 is 0 Å². The number of nitrogens with zero attached hydrogens (tertiary/aromatic N) is 1. The smallest absolute Gasteiger partial charge is 0.337 e. The minimum Gasteiger partial charge on any atom is -0.497 e. The lowest BCUT2D eigenvalue weighted by Gasteiger charge is -2.24. The van der Waals surface area contributed by atoms with Crippen LogP contribution in [0.15, 0.2) is 36.4 Å². The van der Waals surface area contributed by atoms with Crippen LogP contribution in [0.5, 0.6) is 5.75 Å². The van der Waals surface area contributed by atoms with Crippen molar-refractivity contribution in [2.75, 3.05) is 14.2 Å². The van der Waals surface area contributed by atoms with Gasteiger partial charge >= 0.3 is 5.97 Å². The number of hydrogen-bond donors (Lipinski definition) is 0. The van der Waals surface area contributed by atoms with Gasteiger partial charge in [-0.2, -0.15) is 0 Å². The molecule has 0 spiro atoms. The highest BCUT2D eigenvalue weighted by molar-refractivity contribution is 5.99. The molecule has 2 heterocycles. The van der Waals surface area contributed by atoms with Crippen molar-refractivity contribution in [1.82, 2.24) is 4.57 Å². The molecule has 3 aliphatic rings. The predicted octanol–water partition coefficient (Wildman–Crippen LogP) is 6.08. The molecule has 6 rings (SSSR count). The summed E-state index contributed by atoms with van der Waals surface area (Å²) >= 11 is 0. The molecule has 34 heavy (non-hydrogen) atoms. The van der Waals surface area contributed by atoms with Crippen LogP contribution in [0, 0.1) is 11.3 Å². The lowest BCUT2D eigenvalue weighted by atomic mass is 9.81. The van der Waals surface area contributed by atoms with E-state index in [-0.39, 0.29) is 17.8 Å². The molecule has 3 aromatic rings. The topological polar surface area (TPSA) is 57.5 Å². The molecule has 176 valence electrons. The van der Waals surface area contributed by atoms with Gasteiger partial charge in [-0.15, -0.1) is 0 Å². The first-order valence-electron chi connectivity index (χ1n) is 12.4. The van der Waals surface area contributed by atoms with Gasteiger partial charge in [0.25, 0.3) is 0 Å². The third kappa shape index (κ3) is 2.85. The second-order valence-electron chi connectivity index (χ2n) is 10.4. The van der Waals surface area contributed by atoms with Crippen molar-refractivity contribution < 1.29 is 19.1 Å². The highest BCUT2D eigenvalue weighted by Crippen LogP contribution is 2.68. The van der Waals surface area contributed by atoms with Crippen molar-refractivity contribution in [3.8, 4) is 17.0 Å². The van der Waals surface area contributed by atoms with Crippen LogP contribution in [-0.4, -0.2) is 31.0 Å². The Bertz CT molecular complexity index is 1320. The number of aldehydes is 1. The third-order valence-electron chi connectivity index (χ3n) is 8.86. The molecule has 0 bridgehead atoms. The maximum Gasteiger partial charge on any atom is 0.337 e. The molecule has 1 aromatic heterocycles. The van der Waals surface area contributed by atoms with Gasteiger partial charge in [-0.3, -0.25) is 0 Å². The zero-order chi connectivity index (χ0) is 23.6. The number of fused-ring (bicyclic) bond motifs is 7. The fourth-order valence-corrected chi connectivity index (χ4v) is 6.97. The average Bonchev–Trinajstić information content (AvgIpc) is 3.38. The summed E-state index contributed by atoms with van der Waals surface area (Å²) in [6.07, 6.45) is 7.30. The molecule has 2 aliphatic carbocycles. The number of methoxy groups -OCH3 is 2. The average molecular weight is 458 g/mol. The SMILES string of the molecule is COC(=O)c1ccc2c(C3CCCCC3)c3n(c2c1)CC1(C=O)C(c2cc(OC)ccc2-3)[C@@H]1C. The molecule has 0 amide bonds. The van der Waals surface area contributed by atoms with E-state index < -0.39 is 5.41 Å². The molecule has 2 fully saturated rings. The van der Waals surface area contributed by atoms with Crippen molar-refractivity contribution in [2.24, 2.45) is 11.3 Å². The van der Waals surface area contributed by atoms with Crippen LogP contribution in [0.1, 0.15) is 72.3 Å². The summed E-state index contributed by atoms with van der Waals surface area (Å²) in [6, 6.07) is 12.3. The summed E-state index contributed by atoms with van der Waals surface area (Å²) in [5, 5.41) is 1.20. The van der Waals surface area contributed by atoms with Crippen LogP contribution in [0.3, 0.4) is 0 Å². The summed E-state index contributed by atoms with van der Waals surface area (Å²) in [5.74, 6) is 1.40. The van der Waals surface area contributed by atoms with Crippen molar-refractivity contribution in [1.29, 1.82) is 0 Å². The largest absolute Gasteiger partial charge is 0.497 e. The Labute approximate surface area is 200 Å². The van der Waals surface area contributed by atoms with Gasteiger partial charge in [-0.25, -0.2) is 4.79 Å². The molecular weight excluding hydrogens is 426 g/mol. The Morgan fingerprint density at radius 2 is 1.88 bits per heavy atom. The summed E-state index contributed by atoms with van der Waals surface area (Å²) in [4.78, 5) is 25.0. The lowest BCUT2D eigenvalue weighted by Crippen LogP contribution is -2.16. The van der Waals surface area contributed by atoms with Crippen LogP contribution in [0.2, 0.25) is 0 Å². The molecule has 2 aromatic carbocycles. The van der Waals surface area contributed by atoms with Crippen LogP contribution in [-0.2, 0) is 16.1 Å². The molecule has 2 saturated carbocycles. The van der Waals surface area contributed by atoms with Gasteiger partial charge in [-0.05, 0) is 66.1 Å². The van der Waals surface area contributed by atoms with Crippen LogP contribution in [0.25, 0.3) is 22.2 Å². The predicted molar refractivity (Wildman–Crippen MR) is 131 cm³/mol. The lowest BCUT2D eigenvalue weighted by molar-refractivity contribution is -0.113. The fourth-order valence-electron chi connectivity index (χ4n) is 6.97. The van der Waals surface area contributed by atoms with Crippen molar-refractivity contribution >= 4 is 23.2 Å². The minimum absolute atomic E-state index is 0.174. The molecule has 3 atom stereocenters. The van der Waals surface area contributed by atoms with E-state index >= 15 is 0 Å². The number of aromatic nitrogens is 1. The zero-order valence-electron chi connectivity index (χ0n) is 20.1. The minimum atomic E-state index is -0.441. The summed E-state index contributed by atoms with van der Waals surface area (Å²) in [5.41, 5.74) is 6.16. The second kappa shape index (κ2) is 7.72. The number of esters is 1. The standard InChI is InChI=1S/C29H31NO4/c1-17-26-23-14-20(33-2)10-12-21(23)27-25(18-7-5-4-6-8-18)22-11-9-19(28(32)34-3)13-24(22)30(27)15-29(17,26)16-31/h9-14,16-18,26H,4-8,15H2,1-3H3/t17-,26?,29?/m0/s1. The van der Waals surface area contributed by atoms with E-state index in [1.165, 1.54) is 73.3 Å². The number of carbonyl (C=O) groups excluding carboxylic acids is 2. The van der Waals surface area contributed by atoms with Crippen LogP contribution < -0.4 is 4.74 Å². The van der Waals surface area contributed by atoms with Gasteiger partial charge in [0.05, 0.1) is 30.9 Å². The molecule has 0 saturated heterocycles. The van der Waals surface area contributed by atoms with Crippen LogP contribution in [0.4, 0.5) is 0 Å². The van der Waals surface area contributed by atoms with E-state index in [0.29, 0.717) is 18.0 Å². The Kier molecular flexibility index (Phi) is 4.87. The molecule has 0 N–H and O–H groups in total. The van der Waals surface area contributed by atoms with E-state index in [2.05, 4.69) is 29.7 Å². The maximum absolute atomic E-state index is 12.6. The Morgan fingerprint density at radius 1 is 1.09 bits per heavy atom.